The molecular formula is C3H9NS. The Balaban J connectivity index is 2.54. The first-order chi connectivity index (χ1) is 2.27. The molecular weight excluding hydrogens is 82.1 g/mol. The summed E-state index contributed by atoms with van der Waals surface area (Å²) in [5, 5.41) is 3.22. The van der Waals surface area contributed by atoms with E-state index in [1.165, 1.54) is 0 Å². The maximum atomic E-state index is 3.99. The molecule has 0 amide bonds. The van der Waals surface area contributed by atoms with E-state index in [1.54, 1.807) is 0 Å². The van der Waals surface area contributed by atoms with E-state index in [2.05, 4.69) is 17.9 Å². The quantitative estimate of drug-likeness (QED) is 0.353. The summed E-state index contributed by atoms with van der Waals surface area (Å²) < 4.78 is 0. The Labute approximate surface area is 38.2 Å². The van der Waals surface area contributed by atoms with Gasteiger partial charge in [0.05, 0.1) is 0 Å². The normalized spacial score (nSPS) is 15.0. The van der Waals surface area contributed by atoms with Crippen molar-refractivity contribution in [2.24, 2.45) is 0 Å². The van der Waals surface area contributed by atoms with Gasteiger partial charge in [-0.1, -0.05) is 0 Å². The van der Waals surface area contributed by atoms with E-state index in [0.717, 1.165) is 0 Å². The number of hydrogen-bond acceptors (Lipinski definition) is 2. The summed E-state index contributed by atoms with van der Waals surface area (Å²) in [7, 11) is 1.87. The van der Waals surface area contributed by atoms with Crippen LogP contribution < -0.4 is 5.32 Å². The Hall–Kier alpha value is 0.310. The van der Waals surface area contributed by atoms with Crippen LogP contribution in [0.2, 0.25) is 0 Å². The average molecular weight is 91.2 g/mol. The SMILES string of the molecule is CNC(C)S. The summed E-state index contributed by atoms with van der Waals surface area (Å²) in [5.41, 5.74) is 0. The first kappa shape index (κ1) is 5.31. The number of hydrogen-bond donors (Lipinski definition) is 2. The standard InChI is InChI=1S/C3H9NS/c1-3(5)4-2/h3-5H,1-2H3. The van der Waals surface area contributed by atoms with Crippen LogP contribution >= 0.6 is 12.6 Å². The fourth-order valence-electron chi connectivity index (χ4n) is 0. The van der Waals surface area contributed by atoms with Gasteiger partial charge < -0.3 is 5.32 Å². The molecule has 0 aliphatic rings. The van der Waals surface area contributed by atoms with Gasteiger partial charge in [-0.25, -0.2) is 0 Å². The van der Waals surface area contributed by atoms with Crippen molar-refractivity contribution in [2.75, 3.05) is 7.05 Å². The summed E-state index contributed by atoms with van der Waals surface area (Å²) in [6.07, 6.45) is 0. The lowest BCUT2D eigenvalue weighted by Gasteiger charge is -1.94. The molecule has 0 aromatic carbocycles. The van der Waals surface area contributed by atoms with E-state index in [4.69, 9.17) is 0 Å². The Morgan fingerprint density at radius 1 is 1.80 bits per heavy atom. The molecule has 1 N–H and O–H groups in total. The van der Waals surface area contributed by atoms with Gasteiger partial charge in [0.25, 0.3) is 0 Å². The second-order valence-electron chi connectivity index (χ2n) is 0.965. The van der Waals surface area contributed by atoms with E-state index in [0.29, 0.717) is 5.37 Å². The van der Waals surface area contributed by atoms with Gasteiger partial charge >= 0.3 is 0 Å². The molecule has 0 fully saturated rings. The van der Waals surface area contributed by atoms with Crippen LogP contribution in [0.5, 0.6) is 0 Å². The Kier molecular flexibility index (Phi) is 2.70. The van der Waals surface area contributed by atoms with Gasteiger partial charge in [0, 0.05) is 5.37 Å². The van der Waals surface area contributed by atoms with Crippen molar-refractivity contribution < 1.29 is 0 Å². The Morgan fingerprint density at radius 2 is 2.00 bits per heavy atom. The molecule has 0 radical (unpaired) electrons. The fraction of sp³-hybridized carbons (Fsp3) is 1.00. The largest absolute Gasteiger partial charge is 0.309 e. The molecule has 2 heteroatoms. The molecule has 1 atom stereocenters. The minimum Gasteiger partial charge on any atom is -0.309 e. The van der Waals surface area contributed by atoms with E-state index < -0.39 is 0 Å². The lowest BCUT2D eigenvalue weighted by molar-refractivity contribution is 0.812. The third-order valence-electron chi connectivity index (χ3n) is 0.418. The monoisotopic (exact) mass is 91.0 g/mol. The summed E-state index contributed by atoms with van der Waals surface area (Å²) in [5.74, 6) is 0. The van der Waals surface area contributed by atoms with Gasteiger partial charge in [-0.2, -0.15) is 12.6 Å². The van der Waals surface area contributed by atoms with Crippen LogP contribution in [0.1, 0.15) is 6.92 Å². The molecule has 32 valence electrons. The first-order valence-electron chi connectivity index (χ1n) is 1.62. The topological polar surface area (TPSA) is 12.0 Å². The highest BCUT2D eigenvalue weighted by molar-refractivity contribution is 7.80. The molecule has 0 aromatic rings. The van der Waals surface area contributed by atoms with Gasteiger partial charge in [0.15, 0.2) is 0 Å². The highest BCUT2D eigenvalue weighted by atomic mass is 32.1. The maximum absolute atomic E-state index is 3.99. The number of rotatable bonds is 1. The molecule has 1 nitrogen and oxygen atoms in total. The van der Waals surface area contributed by atoms with Gasteiger partial charge in [-0.15, -0.1) is 0 Å². The molecule has 0 bridgehead atoms. The zero-order valence-corrected chi connectivity index (χ0v) is 4.42. The third kappa shape index (κ3) is 4.31. The number of thiol groups is 1. The second-order valence-corrected chi connectivity index (χ2v) is 1.74. The summed E-state index contributed by atoms with van der Waals surface area (Å²) in [4.78, 5) is 0. The van der Waals surface area contributed by atoms with Crippen LogP contribution in [-0.4, -0.2) is 12.4 Å². The molecule has 0 aliphatic carbocycles. The summed E-state index contributed by atoms with van der Waals surface area (Å²) in [6.45, 7) is 1.98. The smallest absolute Gasteiger partial charge is 0.0471 e. The molecule has 0 heterocycles. The van der Waals surface area contributed by atoms with E-state index in [1.807, 2.05) is 14.0 Å². The van der Waals surface area contributed by atoms with Crippen molar-refractivity contribution >= 4 is 12.6 Å². The van der Waals surface area contributed by atoms with Crippen LogP contribution in [0.15, 0.2) is 0 Å². The minimum atomic E-state index is 0.329. The van der Waals surface area contributed by atoms with Crippen molar-refractivity contribution in [3.8, 4) is 0 Å². The van der Waals surface area contributed by atoms with Crippen LogP contribution in [0, 0.1) is 0 Å². The fourth-order valence-corrected chi connectivity index (χ4v) is 0. The summed E-state index contributed by atoms with van der Waals surface area (Å²) >= 11 is 3.99. The molecule has 0 spiro atoms. The zero-order chi connectivity index (χ0) is 4.28. The van der Waals surface area contributed by atoms with Crippen molar-refractivity contribution in [1.82, 2.24) is 5.32 Å². The van der Waals surface area contributed by atoms with Gasteiger partial charge in [-0.3, -0.25) is 0 Å². The highest BCUT2D eigenvalue weighted by Crippen LogP contribution is 1.79. The predicted octanol–water partition coefficient (Wildman–Crippen LogP) is 0.482. The van der Waals surface area contributed by atoms with Crippen LogP contribution in [0.25, 0.3) is 0 Å². The molecule has 0 rings (SSSR count). The minimum absolute atomic E-state index is 0.329. The van der Waals surface area contributed by atoms with Crippen molar-refractivity contribution in [1.29, 1.82) is 0 Å². The van der Waals surface area contributed by atoms with Crippen molar-refractivity contribution in [2.45, 2.75) is 12.3 Å². The van der Waals surface area contributed by atoms with Gasteiger partial charge in [0.1, 0.15) is 0 Å². The number of nitrogens with one attached hydrogen (secondary N) is 1. The van der Waals surface area contributed by atoms with E-state index in [-0.39, 0.29) is 0 Å². The molecule has 1 unspecified atom stereocenters. The van der Waals surface area contributed by atoms with Crippen molar-refractivity contribution in [3.63, 3.8) is 0 Å². The van der Waals surface area contributed by atoms with E-state index >= 15 is 0 Å². The molecule has 0 saturated carbocycles. The van der Waals surface area contributed by atoms with Gasteiger partial charge in [-0.05, 0) is 14.0 Å². The van der Waals surface area contributed by atoms with Crippen LogP contribution in [0.4, 0.5) is 0 Å². The lowest BCUT2D eigenvalue weighted by Crippen LogP contribution is -2.12. The third-order valence-corrected chi connectivity index (χ3v) is 0.676. The second kappa shape index (κ2) is 2.54. The molecule has 0 aromatic heterocycles. The molecule has 0 aliphatic heterocycles. The predicted molar refractivity (Wildman–Crippen MR) is 27.5 cm³/mol. The van der Waals surface area contributed by atoms with Crippen molar-refractivity contribution in [3.05, 3.63) is 0 Å². The van der Waals surface area contributed by atoms with E-state index in [9.17, 15) is 0 Å². The Bertz CT molecular complexity index is 20.9. The molecule has 5 heavy (non-hydrogen) atoms. The maximum Gasteiger partial charge on any atom is 0.0471 e. The highest BCUT2D eigenvalue weighted by Gasteiger charge is 1.77. The van der Waals surface area contributed by atoms with Crippen LogP contribution in [0.3, 0.4) is 0 Å². The average Bonchev–Trinajstić information content (AvgIpc) is 1.38. The molecule has 0 saturated heterocycles. The van der Waals surface area contributed by atoms with Gasteiger partial charge in [0.2, 0.25) is 0 Å². The van der Waals surface area contributed by atoms with Crippen LogP contribution in [-0.2, 0) is 0 Å². The lowest BCUT2D eigenvalue weighted by atomic mass is 10.8. The first-order valence-corrected chi connectivity index (χ1v) is 2.14. The summed E-state index contributed by atoms with van der Waals surface area (Å²) in [6, 6.07) is 0. The Morgan fingerprint density at radius 3 is 2.00 bits per heavy atom. The zero-order valence-electron chi connectivity index (χ0n) is 3.52.